The summed E-state index contributed by atoms with van der Waals surface area (Å²) in [6.45, 7) is 1.76. The monoisotopic (exact) mass is 167 g/mol. The van der Waals surface area contributed by atoms with Gasteiger partial charge in [0.25, 0.3) is 0 Å². The Bertz CT molecular complexity index is 290. The van der Waals surface area contributed by atoms with Crippen molar-refractivity contribution in [3.8, 4) is 0 Å². The molecule has 0 saturated carbocycles. The molecule has 1 rings (SSSR count). The molecular formula is C7H7N2OS. The maximum atomic E-state index is 10.3. The summed E-state index contributed by atoms with van der Waals surface area (Å²) in [6, 6.07) is 0. The van der Waals surface area contributed by atoms with Crippen molar-refractivity contribution in [2.45, 2.75) is 6.92 Å². The zero-order valence-electron chi connectivity index (χ0n) is 6.00. The van der Waals surface area contributed by atoms with E-state index in [0.717, 1.165) is 0 Å². The van der Waals surface area contributed by atoms with Gasteiger partial charge in [-0.05, 0) is 6.92 Å². The fraction of sp³-hybridized carbons (Fsp3) is 0.143. The molecule has 1 aromatic heterocycles. The molecule has 0 atom stereocenters. The number of carbonyl (C=O) groups excluding carboxylic acids is 1. The van der Waals surface area contributed by atoms with Crippen LogP contribution in [0.5, 0.6) is 0 Å². The molecule has 0 spiro atoms. The molecule has 0 amide bonds. The molecule has 4 heteroatoms. The van der Waals surface area contributed by atoms with Gasteiger partial charge in [0.2, 0.25) is 6.29 Å². The van der Waals surface area contributed by atoms with Crippen molar-refractivity contribution in [3.63, 3.8) is 0 Å². The Morgan fingerprint density at radius 3 is 3.00 bits per heavy atom. The first-order chi connectivity index (χ1) is 5.27. The minimum absolute atomic E-state index is 0.456. The second kappa shape index (κ2) is 3.30. The van der Waals surface area contributed by atoms with Crippen molar-refractivity contribution in [2.75, 3.05) is 5.73 Å². The van der Waals surface area contributed by atoms with E-state index in [1.165, 1.54) is 11.3 Å². The lowest BCUT2D eigenvalue weighted by atomic mass is 10.2. The fourth-order valence-electron chi connectivity index (χ4n) is 0.670. The molecule has 11 heavy (non-hydrogen) atoms. The largest absolute Gasteiger partial charge is 0.375 e. The molecule has 0 saturated heterocycles. The van der Waals surface area contributed by atoms with Crippen molar-refractivity contribution >= 4 is 28.3 Å². The van der Waals surface area contributed by atoms with Crippen LogP contribution in [0.4, 0.5) is 5.13 Å². The van der Waals surface area contributed by atoms with Crippen molar-refractivity contribution in [1.29, 1.82) is 0 Å². The third-order valence-electron chi connectivity index (χ3n) is 1.20. The van der Waals surface area contributed by atoms with Gasteiger partial charge in [-0.25, -0.2) is 4.98 Å². The Balaban J connectivity index is 3.00. The van der Waals surface area contributed by atoms with E-state index >= 15 is 0 Å². The van der Waals surface area contributed by atoms with Gasteiger partial charge in [-0.2, -0.15) is 0 Å². The van der Waals surface area contributed by atoms with E-state index < -0.39 is 0 Å². The van der Waals surface area contributed by atoms with Crippen molar-refractivity contribution in [3.05, 3.63) is 17.2 Å². The van der Waals surface area contributed by atoms with Gasteiger partial charge in [0.15, 0.2) is 5.13 Å². The topological polar surface area (TPSA) is 56.0 Å². The zero-order chi connectivity index (χ0) is 8.27. The predicted octanol–water partition coefficient (Wildman–Crippen LogP) is 1.24. The van der Waals surface area contributed by atoms with Gasteiger partial charge in [-0.15, -0.1) is 11.3 Å². The van der Waals surface area contributed by atoms with E-state index in [1.807, 2.05) is 0 Å². The summed E-state index contributed by atoms with van der Waals surface area (Å²) in [6.07, 6.45) is 3.44. The molecule has 1 aromatic rings. The Morgan fingerprint density at radius 1 is 1.91 bits per heavy atom. The van der Waals surface area contributed by atoms with Crippen LogP contribution in [-0.2, 0) is 4.79 Å². The van der Waals surface area contributed by atoms with Crippen molar-refractivity contribution in [2.24, 2.45) is 0 Å². The van der Waals surface area contributed by atoms with E-state index in [-0.39, 0.29) is 0 Å². The molecule has 0 aliphatic rings. The van der Waals surface area contributed by atoms with Gasteiger partial charge in [0, 0.05) is 11.0 Å². The molecule has 0 fully saturated rings. The third kappa shape index (κ3) is 1.65. The summed E-state index contributed by atoms with van der Waals surface area (Å²) in [5, 5.41) is 2.20. The maximum absolute atomic E-state index is 10.3. The molecule has 1 radical (unpaired) electrons. The number of anilines is 1. The highest BCUT2D eigenvalue weighted by atomic mass is 32.1. The first kappa shape index (κ1) is 7.94. The highest BCUT2D eigenvalue weighted by Gasteiger charge is 2.03. The van der Waals surface area contributed by atoms with Gasteiger partial charge in [0.1, 0.15) is 0 Å². The smallest absolute Gasteiger partial charge is 0.235 e. The Hall–Kier alpha value is -1.16. The van der Waals surface area contributed by atoms with Gasteiger partial charge >= 0.3 is 0 Å². The summed E-state index contributed by atoms with van der Waals surface area (Å²) in [5.41, 5.74) is 6.43. The van der Waals surface area contributed by atoms with Crippen LogP contribution in [0, 0.1) is 0 Å². The molecule has 0 aliphatic carbocycles. The SMILES string of the molecule is C/C=C(/[C]=O)c1csc(N)n1. The lowest BCUT2D eigenvalue weighted by Crippen LogP contribution is -1.87. The Kier molecular flexibility index (Phi) is 2.38. The minimum Gasteiger partial charge on any atom is -0.375 e. The Labute approximate surface area is 68.6 Å². The van der Waals surface area contributed by atoms with Gasteiger partial charge in [-0.1, -0.05) is 6.08 Å². The van der Waals surface area contributed by atoms with Crippen LogP contribution in [0.25, 0.3) is 5.57 Å². The van der Waals surface area contributed by atoms with E-state index in [2.05, 4.69) is 4.98 Å². The quantitative estimate of drug-likeness (QED) is 0.674. The molecule has 0 aromatic carbocycles. The van der Waals surface area contributed by atoms with Crippen molar-refractivity contribution < 1.29 is 4.79 Å². The molecule has 0 unspecified atom stereocenters. The van der Waals surface area contributed by atoms with Crippen LogP contribution in [0.2, 0.25) is 0 Å². The average molecular weight is 167 g/mol. The first-order valence-corrected chi connectivity index (χ1v) is 3.91. The first-order valence-electron chi connectivity index (χ1n) is 3.03. The Morgan fingerprint density at radius 2 is 2.64 bits per heavy atom. The minimum atomic E-state index is 0.456. The average Bonchev–Trinajstić information content (AvgIpc) is 2.39. The fourth-order valence-corrected chi connectivity index (χ4v) is 1.23. The van der Waals surface area contributed by atoms with E-state index in [1.54, 1.807) is 24.7 Å². The van der Waals surface area contributed by atoms with E-state index in [4.69, 9.17) is 5.73 Å². The number of rotatable bonds is 2. The molecule has 0 bridgehead atoms. The maximum Gasteiger partial charge on any atom is 0.235 e. The number of nitrogens with zero attached hydrogens (tertiary/aromatic N) is 1. The number of nitrogens with two attached hydrogens (primary N) is 1. The number of nitrogen functional groups attached to an aromatic ring is 1. The second-order valence-corrected chi connectivity index (χ2v) is 2.77. The lowest BCUT2D eigenvalue weighted by Gasteiger charge is -1.87. The number of allylic oxidation sites excluding steroid dienone is 2. The molecular weight excluding hydrogens is 160 g/mol. The standard InChI is InChI=1S/C7H7N2OS/c1-2-5(3-10)6-4-11-7(8)9-6/h2,4H,1H3,(H2,8,9)/b5-2-. The summed E-state index contributed by atoms with van der Waals surface area (Å²) in [5.74, 6) is 0. The molecule has 2 N–H and O–H groups in total. The summed E-state index contributed by atoms with van der Waals surface area (Å²) < 4.78 is 0. The van der Waals surface area contributed by atoms with Gasteiger partial charge in [0.05, 0.1) is 5.69 Å². The van der Waals surface area contributed by atoms with Gasteiger partial charge in [-0.3, -0.25) is 4.79 Å². The summed E-state index contributed by atoms with van der Waals surface area (Å²) in [7, 11) is 0. The summed E-state index contributed by atoms with van der Waals surface area (Å²) >= 11 is 1.31. The summed E-state index contributed by atoms with van der Waals surface area (Å²) in [4.78, 5) is 14.2. The number of hydrogen-bond donors (Lipinski definition) is 1. The third-order valence-corrected chi connectivity index (χ3v) is 1.87. The highest BCUT2D eigenvalue weighted by molar-refractivity contribution is 7.13. The number of aromatic nitrogens is 1. The van der Waals surface area contributed by atoms with Crippen LogP contribution in [0.15, 0.2) is 11.5 Å². The number of thiazole rings is 1. The van der Waals surface area contributed by atoms with E-state index in [9.17, 15) is 4.79 Å². The van der Waals surface area contributed by atoms with E-state index in [0.29, 0.717) is 16.4 Å². The zero-order valence-corrected chi connectivity index (χ0v) is 6.81. The molecule has 0 aliphatic heterocycles. The van der Waals surface area contributed by atoms with Crippen LogP contribution in [0.3, 0.4) is 0 Å². The van der Waals surface area contributed by atoms with Crippen LogP contribution in [-0.4, -0.2) is 11.3 Å². The molecule has 57 valence electrons. The highest BCUT2D eigenvalue weighted by Crippen LogP contribution is 2.17. The lowest BCUT2D eigenvalue weighted by molar-refractivity contribution is 0.565. The van der Waals surface area contributed by atoms with Crippen LogP contribution < -0.4 is 5.73 Å². The molecule has 3 nitrogen and oxygen atoms in total. The van der Waals surface area contributed by atoms with Crippen LogP contribution >= 0.6 is 11.3 Å². The normalized spacial score (nSPS) is 11.5. The second-order valence-electron chi connectivity index (χ2n) is 1.88. The van der Waals surface area contributed by atoms with Crippen LogP contribution in [0.1, 0.15) is 12.6 Å². The van der Waals surface area contributed by atoms with Gasteiger partial charge < -0.3 is 5.73 Å². The predicted molar refractivity (Wildman–Crippen MR) is 45.9 cm³/mol. The van der Waals surface area contributed by atoms with Crippen molar-refractivity contribution in [1.82, 2.24) is 4.98 Å². The molecule has 1 heterocycles. The number of hydrogen-bond acceptors (Lipinski definition) is 4.